The second kappa shape index (κ2) is 8.81. The quantitative estimate of drug-likeness (QED) is 0.214. The maximum absolute atomic E-state index is 14.3. The van der Waals surface area contributed by atoms with Crippen molar-refractivity contribution in [2.24, 2.45) is 16.9 Å². The van der Waals surface area contributed by atoms with Crippen LogP contribution in [0.5, 0.6) is 0 Å². The van der Waals surface area contributed by atoms with Crippen molar-refractivity contribution < 1.29 is 14.4 Å². The molecule has 3 aliphatic carbocycles. The predicted molar refractivity (Wildman–Crippen MR) is 149 cm³/mol. The number of hydrazone groups is 1. The third kappa shape index (κ3) is 3.31. The zero-order valence-corrected chi connectivity index (χ0v) is 22.1. The maximum atomic E-state index is 14.3. The van der Waals surface area contributed by atoms with Crippen LogP contribution >= 0.6 is 15.9 Å². The molecule has 1 aliphatic heterocycles. The molecule has 8 heteroatoms. The molecule has 8 rings (SSSR count). The number of benzene rings is 3. The van der Waals surface area contributed by atoms with Gasteiger partial charge in [0.05, 0.1) is 22.9 Å². The van der Waals surface area contributed by atoms with E-state index in [0.717, 1.165) is 26.7 Å². The van der Waals surface area contributed by atoms with Crippen LogP contribution in [0.3, 0.4) is 0 Å². The summed E-state index contributed by atoms with van der Waals surface area (Å²) in [5.41, 5.74) is 6.39. The Morgan fingerprint density at radius 1 is 0.872 bits per heavy atom. The zero-order chi connectivity index (χ0) is 26.7. The van der Waals surface area contributed by atoms with Gasteiger partial charge in [0.2, 0.25) is 11.8 Å². The third-order valence-corrected chi connectivity index (χ3v) is 8.67. The molecule has 0 radical (unpaired) electrons. The monoisotopic (exact) mass is 576 g/mol. The van der Waals surface area contributed by atoms with Crippen molar-refractivity contribution in [2.75, 3.05) is 4.90 Å². The number of anilines is 1. The van der Waals surface area contributed by atoms with Crippen LogP contribution in [0.4, 0.5) is 5.69 Å². The van der Waals surface area contributed by atoms with Gasteiger partial charge in [-0.05, 0) is 58.7 Å². The first kappa shape index (κ1) is 23.7. The normalized spacial score (nSPS) is 24.4. The molecule has 2 atom stereocenters. The highest BCUT2D eigenvalue weighted by Crippen LogP contribution is 2.63. The standard InChI is InChI=1S/C31H21BrN4O3/c32-19-9-11-20(12-10-19)36-29(38)26-25-21-5-1-3-7-23(21)31(27(26)30(36)39,24-8-4-2-6-22(24)25)17-34-35-28(37)18-13-15-33-16-14-18/h1-17,25-27H,(H,35,37)/b34-17+/t25?,26-,27+,31?/m0/s1. The summed E-state index contributed by atoms with van der Waals surface area (Å²) in [4.78, 5) is 46.5. The van der Waals surface area contributed by atoms with Crippen LogP contribution in [-0.2, 0) is 15.0 Å². The largest absolute Gasteiger partial charge is 0.274 e. The maximum Gasteiger partial charge on any atom is 0.271 e. The van der Waals surface area contributed by atoms with Crippen LogP contribution in [-0.4, -0.2) is 28.9 Å². The number of rotatable bonds is 4. The Kier molecular flexibility index (Phi) is 5.35. The van der Waals surface area contributed by atoms with Crippen molar-refractivity contribution in [2.45, 2.75) is 11.3 Å². The number of nitrogens with one attached hydrogen (secondary N) is 1. The summed E-state index contributed by atoms with van der Waals surface area (Å²) < 4.78 is 0.858. The van der Waals surface area contributed by atoms with Gasteiger partial charge < -0.3 is 0 Å². The van der Waals surface area contributed by atoms with Gasteiger partial charge in [0.1, 0.15) is 0 Å². The Bertz CT molecular complexity index is 1640. The van der Waals surface area contributed by atoms with E-state index in [1.807, 2.05) is 60.7 Å². The van der Waals surface area contributed by atoms with Crippen molar-refractivity contribution in [3.8, 4) is 0 Å². The topological polar surface area (TPSA) is 91.7 Å². The molecule has 0 saturated carbocycles. The number of hydrogen-bond acceptors (Lipinski definition) is 5. The molecule has 4 aromatic rings. The van der Waals surface area contributed by atoms with Crippen LogP contribution in [0, 0.1) is 11.8 Å². The number of pyridine rings is 1. The van der Waals surface area contributed by atoms with Gasteiger partial charge in [0, 0.05) is 34.6 Å². The fourth-order valence-corrected chi connectivity index (χ4v) is 6.92. The van der Waals surface area contributed by atoms with E-state index >= 15 is 0 Å². The molecule has 190 valence electrons. The van der Waals surface area contributed by atoms with Gasteiger partial charge >= 0.3 is 0 Å². The second-order valence-corrected chi connectivity index (χ2v) is 10.9. The Hall–Kier alpha value is -4.43. The van der Waals surface area contributed by atoms with Gasteiger partial charge in [0.25, 0.3) is 5.91 Å². The zero-order valence-electron chi connectivity index (χ0n) is 20.5. The molecule has 1 N–H and O–H groups in total. The molecule has 2 heterocycles. The van der Waals surface area contributed by atoms with Crippen LogP contribution in [0.25, 0.3) is 0 Å². The molecule has 3 aromatic carbocycles. The van der Waals surface area contributed by atoms with E-state index in [4.69, 9.17) is 0 Å². The summed E-state index contributed by atoms with van der Waals surface area (Å²) >= 11 is 3.44. The number of aromatic nitrogens is 1. The average Bonchev–Trinajstić information content (AvgIpc) is 3.25. The molecule has 4 aliphatic rings. The number of nitrogens with zero attached hydrogens (tertiary/aromatic N) is 3. The van der Waals surface area contributed by atoms with Gasteiger partial charge in [-0.25, -0.2) is 10.3 Å². The Morgan fingerprint density at radius 2 is 1.49 bits per heavy atom. The number of imide groups is 1. The molecular formula is C31H21BrN4O3. The molecule has 3 amide bonds. The summed E-state index contributed by atoms with van der Waals surface area (Å²) in [5, 5.41) is 4.43. The fraction of sp³-hybridized carbons (Fsp3) is 0.129. The van der Waals surface area contributed by atoms with Crippen molar-refractivity contribution in [3.05, 3.63) is 130 Å². The minimum Gasteiger partial charge on any atom is -0.274 e. The molecule has 1 aromatic heterocycles. The lowest BCUT2D eigenvalue weighted by Crippen LogP contribution is -2.54. The first-order valence-corrected chi connectivity index (χ1v) is 13.4. The number of carbonyl (C=O) groups is 3. The summed E-state index contributed by atoms with van der Waals surface area (Å²) in [6, 6.07) is 26.3. The van der Waals surface area contributed by atoms with Crippen LogP contribution in [0.15, 0.2) is 107 Å². The highest BCUT2D eigenvalue weighted by molar-refractivity contribution is 9.10. The minimum atomic E-state index is -1.05. The molecule has 1 saturated heterocycles. The average molecular weight is 577 g/mol. The first-order chi connectivity index (χ1) is 19.0. The summed E-state index contributed by atoms with van der Waals surface area (Å²) in [5.74, 6) is -2.47. The minimum absolute atomic E-state index is 0.222. The number of carbonyl (C=O) groups excluding carboxylic acids is 3. The number of amides is 3. The van der Waals surface area contributed by atoms with Gasteiger partial charge in [-0.2, -0.15) is 5.10 Å². The van der Waals surface area contributed by atoms with Gasteiger partial charge in [-0.1, -0.05) is 64.5 Å². The molecule has 2 bridgehead atoms. The Morgan fingerprint density at radius 3 is 2.13 bits per heavy atom. The molecule has 39 heavy (non-hydrogen) atoms. The van der Waals surface area contributed by atoms with Crippen molar-refractivity contribution in [1.82, 2.24) is 10.4 Å². The van der Waals surface area contributed by atoms with E-state index in [9.17, 15) is 14.4 Å². The highest BCUT2D eigenvalue weighted by Gasteiger charge is 2.68. The Labute approximate surface area is 232 Å². The van der Waals surface area contributed by atoms with E-state index < -0.39 is 23.2 Å². The fourth-order valence-electron chi connectivity index (χ4n) is 6.65. The first-order valence-electron chi connectivity index (χ1n) is 12.6. The van der Waals surface area contributed by atoms with Crippen LogP contribution in [0.1, 0.15) is 38.5 Å². The Balaban J connectivity index is 1.41. The van der Waals surface area contributed by atoms with Crippen LogP contribution < -0.4 is 10.3 Å². The van der Waals surface area contributed by atoms with E-state index in [1.54, 1.807) is 30.5 Å². The number of hydrogen-bond donors (Lipinski definition) is 1. The molecular weight excluding hydrogens is 556 g/mol. The third-order valence-electron chi connectivity index (χ3n) is 8.15. The lowest BCUT2D eigenvalue weighted by atomic mass is 9.47. The highest BCUT2D eigenvalue weighted by atomic mass is 79.9. The SMILES string of the molecule is O=C(N/N=C/C12c3ccccc3C(c3ccccc31)[C@@H]1C(=O)N(c3ccc(Br)cc3)C(=O)[C@@H]12)c1ccncc1. The van der Waals surface area contributed by atoms with Gasteiger partial charge in [-0.3, -0.25) is 19.4 Å². The molecule has 0 unspecified atom stereocenters. The molecule has 7 nitrogen and oxygen atoms in total. The van der Waals surface area contributed by atoms with Crippen molar-refractivity contribution in [3.63, 3.8) is 0 Å². The molecule has 0 spiro atoms. The second-order valence-electron chi connectivity index (χ2n) is 9.95. The van der Waals surface area contributed by atoms with Crippen molar-refractivity contribution in [1.29, 1.82) is 0 Å². The summed E-state index contributed by atoms with van der Waals surface area (Å²) in [7, 11) is 0. The van der Waals surface area contributed by atoms with E-state index in [2.05, 4.69) is 31.4 Å². The summed E-state index contributed by atoms with van der Waals surface area (Å²) in [6.07, 6.45) is 4.74. The lowest BCUT2D eigenvalue weighted by molar-refractivity contribution is -0.122. The van der Waals surface area contributed by atoms with Gasteiger partial charge in [0.15, 0.2) is 0 Å². The predicted octanol–water partition coefficient (Wildman–Crippen LogP) is 4.81. The van der Waals surface area contributed by atoms with E-state index in [-0.39, 0.29) is 17.7 Å². The van der Waals surface area contributed by atoms with E-state index in [0.29, 0.717) is 11.3 Å². The number of halogens is 1. The smallest absolute Gasteiger partial charge is 0.271 e. The lowest BCUT2D eigenvalue weighted by Gasteiger charge is -2.52. The van der Waals surface area contributed by atoms with Crippen molar-refractivity contribution >= 4 is 45.6 Å². The van der Waals surface area contributed by atoms with E-state index in [1.165, 1.54) is 17.3 Å². The summed E-state index contributed by atoms with van der Waals surface area (Å²) in [6.45, 7) is 0. The molecule has 1 fully saturated rings. The van der Waals surface area contributed by atoms with Gasteiger partial charge in [-0.15, -0.1) is 0 Å². The van der Waals surface area contributed by atoms with Crippen LogP contribution in [0.2, 0.25) is 0 Å².